The van der Waals surface area contributed by atoms with E-state index in [1.807, 2.05) is 0 Å². The number of hydrogen-bond donors (Lipinski definition) is 1. The van der Waals surface area contributed by atoms with E-state index in [0.717, 1.165) is 17.7 Å². The maximum atomic E-state index is 12.6. The van der Waals surface area contributed by atoms with Crippen molar-refractivity contribution in [3.8, 4) is 0 Å². The SMILES string of the molecule is O=C(/C=C/c1ccccc1)Nc1ccc(S(F)(F)(F)(F)F)cc1. The Morgan fingerprint density at radius 3 is 1.96 bits per heavy atom. The summed E-state index contributed by atoms with van der Waals surface area (Å²) in [6.07, 6.45) is 2.70. The number of nitrogens with one attached hydrogen (secondary N) is 1. The van der Waals surface area contributed by atoms with Crippen molar-refractivity contribution in [3.05, 3.63) is 66.2 Å². The molecule has 0 spiro atoms. The van der Waals surface area contributed by atoms with Crippen LogP contribution in [0.15, 0.2) is 65.6 Å². The molecule has 124 valence electrons. The molecule has 2 rings (SSSR count). The molecule has 2 aromatic carbocycles. The smallest absolute Gasteiger partial charge is 0.310 e. The first-order valence-electron chi connectivity index (χ1n) is 6.32. The molecule has 0 heterocycles. The van der Waals surface area contributed by atoms with Crippen LogP contribution in [0.1, 0.15) is 5.56 Å². The number of anilines is 1. The Hall–Kier alpha value is -2.35. The van der Waals surface area contributed by atoms with Crippen molar-refractivity contribution in [2.75, 3.05) is 5.32 Å². The first kappa shape index (κ1) is 17.0. The minimum Gasteiger partial charge on any atom is -0.323 e. The Labute approximate surface area is 129 Å². The van der Waals surface area contributed by atoms with E-state index in [2.05, 4.69) is 5.32 Å². The number of carbonyl (C=O) groups excluding carboxylic acids is 1. The Kier molecular flexibility index (Phi) is 3.76. The third-order valence-electron chi connectivity index (χ3n) is 2.79. The van der Waals surface area contributed by atoms with Crippen LogP contribution in [0.25, 0.3) is 6.08 Å². The lowest BCUT2D eigenvalue weighted by Gasteiger charge is -2.40. The van der Waals surface area contributed by atoms with E-state index in [0.29, 0.717) is 0 Å². The van der Waals surface area contributed by atoms with Gasteiger partial charge in [0, 0.05) is 11.8 Å². The summed E-state index contributed by atoms with van der Waals surface area (Å²) in [4.78, 5) is 9.64. The number of halogens is 5. The lowest BCUT2D eigenvalue weighted by atomic mass is 10.2. The van der Waals surface area contributed by atoms with Crippen molar-refractivity contribution in [2.45, 2.75) is 4.90 Å². The average molecular weight is 349 g/mol. The molecule has 2 nitrogen and oxygen atoms in total. The molecule has 0 atom stereocenters. The highest BCUT2D eigenvalue weighted by Gasteiger charge is 2.65. The first-order chi connectivity index (χ1) is 10.4. The highest BCUT2D eigenvalue weighted by molar-refractivity contribution is 8.45. The second kappa shape index (κ2) is 5.09. The van der Waals surface area contributed by atoms with Crippen LogP contribution < -0.4 is 5.32 Å². The fourth-order valence-electron chi connectivity index (χ4n) is 1.72. The Morgan fingerprint density at radius 1 is 0.870 bits per heavy atom. The molecule has 1 amide bonds. The molecule has 0 saturated heterocycles. The van der Waals surface area contributed by atoms with E-state index in [4.69, 9.17) is 0 Å². The summed E-state index contributed by atoms with van der Waals surface area (Å²) in [5.74, 6) is -0.589. The molecule has 8 heteroatoms. The number of amides is 1. The fraction of sp³-hybridized carbons (Fsp3) is 0. The van der Waals surface area contributed by atoms with Gasteiger partial charge in [-0.05, 0) is 35.9 Å². The first-order valence-corrected chi connectivity index (χ1v) is 8.27. The molecule has 0 aliphatic carbocycles. The fourth-order valence-corrected chi connectivity index (χ4v) is 2.37. The predicted molar refractivity (Wildman–Crippen MR) is 81.9 cm³/mol. The van der Waals surface area contributed by atoms with E-state index in [-0.39, 0.29) is 17.8 Å². The number of hydrogen-bond acceptors (Lipinski definition) is 1. The van der Waals surface area contributed by atoms with E-state index in [1.54, 1.807) is 30.3 Å². The molecule has 0 radical (unpaired) electrons. The van der Waals surface area contributed by atoms with E-state index in [1.165, 1.54) is 12.2 Å². The molecule has 0 aromatic heterocycles. The van der Waals surface area contributed by atoms with Crippen LogP contribution in [0, 0.1) is 0 Å². The summed E-state index contributed by atoms with van der Waals surface area (Å²) in [6.45, 7) is 0. The number of benzene rings is 2. The summed E-state index contributed by atoms with van der Waals surface area (Å²) < 4.78 is 62.8. The van der Waals surface area contributed by atoms with Gasteiger partial charge in [-0.1, -0.05) is 49.8 Å². The second-order valence-corrected chi connectivity index (χ2v) is 7.14. The van der Waals surface area contributed by atoms with Gasteiger partial charge in [0.05, 0.1) is 0 Å². The molecule has 23 heavy (non-hydrogen) atoms. The molecule has 0 aliphatic heterocycles. The largest absolute Gasteiger partial charge is 0.323 e. The van der Waals surface area contributed by atoms with E-state index < -0.39 is 21.0 Å². The molecule has 0 unspecified atom stereocenters. The summed E-state index contributed by atoms with van der Waals surface area (Å²) in [5, 5.41) is 2.29. The molecule has 0 fully saturated rings. The molecule has 0 saturated carbocycles. The van der Waals surface area contributed by atoms with Gasteiger partial charge in [0.2, 0.25) is 5.91 Å². The van der Waals surface area contributed by atoms with Gasteiger partial charge in [-0.3, -0.25) is 4.79 Å². The molecule has 2 aromatic rings. The number of rotatable bonds is 4. The van der Waals surface area contributed by atoms with Crippen LogP contribution in [0.5, 0.6) is 0 Å². The van der Waals surface area contributed by atoms with Gasteiger partial charge in [-0.15, -0.1) is 0 Å². The third kappa shape index (κ3) is 5.10. The van der Waals surface area contributed by atoms with Gasteiger partial charge in [0.15, 0.2) is 0 Å². The molecule has 0 aliphatic rings. The Bertz CT molecular complexity index is 739. The summed E-state index contributed by atoms with van der Waals surface area (Å²) in [7, 11) is -9.69. The highest BCUT2D eigenvalue weighted by Crippen LogP contribution is 3.02. The molecule has 1 N–H and O–H groups in total. The van der Waals surface area contributed by atoms with Crippen LogP contribution in [0.3, 0.4) is 0 Å². The van der Waals surface area contributed by atoms with Gasteiger partial charge < -0.3 is 5.32 Å². The van der Waals surface area contributed by atoms with Crippen molar-refractivity contribution >= 4 is 27.9 Å². The minimum atomic E-state index is -9.69. The molecular weight excluding hydrogens is 337 g/mol. The zero-order chi connectivity index (χ0) is 17.2. The van der Waals surface area contributed by atoms with E-state index >= 15 is 0 Å². The molecular formula is C15H12F5NOS. The van der Waals surface area contributed by atoms with Crippen LogP contribution in [0.4, 0.5) is 25.1 Å². The minimum absolute atomic E-state index is 0.0155. The quantitative estimate of drug-likeness (QED) is 0.533. The number of carbonyl (C=O) groups is 1. The predicted octanol–water partition coefficient (Wildman–Crippen LogP) is 6.00. The van der Waals surface area contributed by atoms with Crippen LogP contribution in [-0.4, -0.2) is 5.91 Å². The average Bonchev–Trinajstić information content (AvgIpc) is 2.44. The van der Waals surface area contributed by atoms with Gasteiger partial charge >= 0.3 is 10.2 Å². The van der Waals surface area contributed by atoms with E-state index in [9.17, 15) is 24.2 Å². The monoisotopic (exact) mass is 349 g/mol. The van der Waals surface area contributed by atoms with Crippen LogP contribution >= 0.6 is 10.2 Å². The normalized spacial score (nSPS) is 15.0. The van der Waals surface area contributed by atoms with Crippen molar-refractivity contribution in [1.29, 1.82) is 0 Å². The van der Waals surface area contributed by atoms with Gasteiger partial charge in [-0.2, -0.15) is 0 Å². The van der Waals surface area contributed by atoms with Gasteiger partial charge in [0.25, 0.3) is 0 Å². The lowest BCUT2D eigenvalue weighted by Crippen LogP contribution is -2.09. The second-order valence-electron chi connectivity index (χ2n) is 4.73. The lowest BCUT2D eigenvalue weighted by molar-refractivity contribution is -0.111. The summed E-state index contributed by atoms with van der Waals surface area (Å²) >= 11 is 0. The third-order valence-corrected chi connectivity index (χ3v) is 3.96. The highest BCUT2D eigenvalue weighted by atomic mass is 32.5. The van der Waals surface area contributed by atoms with Crippen LogP contribution in [0.2, 0.25) is 0 Å². The zero-order valence-electron chi connectivity index (χ0n) is 11.6. The summed E-state index contributed by atoms with van der Waals surface area (Å²) in [6, 6.07) is 10.9. The Balaban J connectivity index is 2.07. The van der Waals surface area contributed by atoms with Crippen LogP contribution in [-0.2, 0) is 4.79 Å². The van der Waals surface area contributed by atoms with Crippen molar-refractivity contribution in [2.24, 2.45) is 0 Å². The van der Waals surface area contributed by atoms with Crippen molar-refractivity contribution < 1.29 is 24.2 Å². The van der Waals surface area contributed by atoms with Crippen molar-refractivity contribution in [1.82, 2.24) is 0 Å². The van der Waals surface area contributed by atoms with Gasteiger partial charge in [0.1, 0.15) is 4.90 Å². The topological polar surface area (TPSA) is 29.1 Å². The maximum Gasteiger partial charge on any atom is 0.310 e. The van der Waals surface area contributed by atoms with Gasteiger partial charge in [-0.25, -0.2) is 0 Å². The standard InChI is InChI=1S/C15H12F5NOS/c16-23(17,18,19,20)14-9-7-13(8-10-14)21-15(22)11-6-12-4-2-1-3-5-12/h1-11H,(H,21,22)/b11-6+. The van der Waals surface area contributed by atoms with Crippen molar-refractivity contribution in [3.63, 3.8) is 0 Å². The zero-order valence-corrected chi connectivity index (χ0v) is 12.4. The maximum absolute atomic E-state index is 12.6. The Morgan fingerprint density at radius 2 is 1.43 bits per heavy atom. The summed E-state index contributed by atoms with van der Waals surface area (Å²) in [5.41, 5.74) is 0.747. The molecule has 0 bridgehead atoms.